The third-order valence-corrected chi connectivity index (χ3v) is 4.78. The number of ether oxygens (including phenoxy) is 6. The average Bonchev–Trinajstić information content (AvgIpc) is 2.90. The van der Waals surface area contributed by atoms with Gasteiger partial charge in [0.25, 0.3) is 5.91 Å². The van der Waals surface area contributed by atoms with E-state index >= 15 is 0 Å². The Bertz CT molecular complexity index is 1110. The zero-order valence-electron chi connectivity index (χ0n) is 19.7. The van der Waals surface area contributed by atoms with Crippen LogP contribution in [0.25, 0.3) is 0 Å². The molecule has 0 unspecified atom stereocenters. The Morgan fingerprint density at radius 3 is 1.94 bits per heavy atom. The second-order valence-electron chi connectivity index (χ2n) is 7.09. The fraction of sp³-hybridized carbons (Fsp3) is 0.231. The molecule has 1 N–H and O–H groups in total. The number of hydrogen-bond donors (Lipinski definition) is 1. The molecule has 9 heteroatoms. The van der Waals surface area contributed by atoms with E-state index in [1.807, 2.05) is 0 Å². The van der Waals surface area contributed by atoms with Crippen molar-refractivity contribution in [3.05, 3.63) is 72.3 Å². The van der Waals surface area contributed by atoms with Crippen LogP contribution >= 0.6 is 0 Å². The molecule has 0 atom stereocenters. The smallest absolute Gasteiger partial charge is 0.338 e. The van der Waals surface area contributed by atoms with Gasteiger partial charge in [-0.3, -0.25) is 4.79 Å². The van der Waals surface area contributed by atoms with Gasteiger partial charge in [-0.05, 0) is 66.7 Å². The van der Waals surface area contributed by atoms with Gasteiger partial charge in [0.15, 0.2) is 18.1 Å². The fourth-order valence-corrected chi connectivity index (χ4v) is 2.98. The van der Waals surface area contributed by atoms with Gasteiger partial charge in [-0.2, -0.15) is 0 Å². The molecular weight excluding hydrogens is 454 g/mol. The highest BCUT2D eigenvalue weighted by atomic mass is 16.6. The number of hydrogen-bond acceptors (Lipinski definition) is 8. The van der Waals surface area contributed by atoms with E-state index in [4.69, 9.17) is 28.4 Å². The number of anilines is 1. The topological polar surface area (TPSA) is 102 Å². The maximum atomic E-state index is 12.4. The lowest BCUT2D eigenvalue weighted by molar-refractivity contribution is -0.118. The van der Waals surface area contributed by atoms with Crippen LogP contribution in [0.1, 0.15) is 10.4 Å². The number of benzene rings is 3. The van der Waals surface area contributed by atoms with Gasteiger partial charge in [0.2, 0.25) is 0 Å². The monoisotopic (exact) mass is 481 g/mol. The van der Waals surface area contributed by atoms with Gasteiger partial charge >= 0.3 is 5.97 Å². The van der Waals surface area contributed by atoms with Crippen LogP contribution in [-0.2, 0) is 9.53 Å². The molecule has 35 heavy (non-hydrogen) atoms. The molecule has 1 amide bonds. The number of rotatable bonds is 12. The first-order valence-corrected chi connectivity index (χ1v) is 10.7. The molecule has 0 aliphatic rings. The van der Waals surface area contributed by atoms with Gasteiger partial charge in [-0.25, -0.2) is 4.79 Å². The molecule has 3 aromatic rings. The third kappa shape index (κ3) is 7.56. The van der Waals surface area contributed by atoms with Crippen molar-refractivity contribution < 1.29 is 38.0 Å². The van der Waals surface area contributed by atoms with Gasteiger partial charge < -0.3 is 33.7 Å². The first-order chi connectivity index (χ1) is 17.0. The van der Waals surface area contributed by atoms with Crippen molar-refractivity contribution in [3.63, 3.8) is 0 Å². The average molecular weight is 482 g/mol. The first kappa shape index (κ1) is 25.2. The van der Waals surface area contributed by atoms with Gasteiger partial charge in [-0.1, -0.05) is 0 Å². The van der Waals surface area contributed by atoms with E-state index in [0.29, 0.717) is 28.7 Å². The highest BCUT2D eigenvalue weighted by Crippen LogP contribution is 2.28. The molecule has 0 bridgehead atoms. The lowest BCUT2D eigenvalue weighted by atomic mass is 10.2. The van der Waals surface area contributed by atoms with Crippen LogP contribution in [0.15, 0.2) is 66.7 Å². The number of amides is 1. The molecular formula is C26H27NO8. The summed E-state index contributed by atoms with van der Waals surface area (Å²) >= 11 is 0. The Morgan fingerprint density at radius 2 is 1.31 bits per heavy atom. The van der Waals surface area contributed by atoms with Crippen LogP contribution < -0.4 is 29.0 Å². The number of methoxy groups -OCH3 is 3. The lowest BCUT2D eigenvalue weighted by Crippen LogP contribution is -2.20. The van der Waals surface area contributed by atoms with Crippen molar-refractivity contribution in [2.45, 2.75) is 0 Å². The highest BCUT2D eigenvalue weighted by Gasteiger charge is 2.14. The summed E-state index contributed by atoms with van der Waals surface area (Å²) < 4.78 is 31.8. The molecule has 3 rings (SSSR count). The molecule has 0 fully saturated rings. The summed E-state index contributed by atoms with van der Waals surface area (Å²) in [6.45, 7) is 0.0194. The highest BCUT2D eigenvalue weighted by molar-refractivity contribution is 5.92. The van der Waals surface area contributed by atoms with Crippen LogP contribution in [0, 0.1) is 0 Å². The summed E-state index contributed by atoms with van der Waals surface area (Å²) in [5, 5.41) is 2.72. The Labute approximate surface area is 203 Å². The van der Waals surface area contributed by atoms with Crippen molar-refractivity contribution in [2.75, 3.05) is 46.5 Å². The van der Waals surface area contributed by atoms with Crippen LogP contribution in [0.4, 0.5) is 5.69 Å². The van der Waals surface area contributed by atoms with E-state index in [9.17, 15) is 9.59 Å². The van der Waals surface area contributed by atoms with Gasteiger partial charge in [0, 0.05) is 5.69 Å². The van der Waals surface area contributed by atoms with Crippen LogP contribution in [0.5, 0.6) is 28.7 Å². The zero-order chi connectivity index (χ0) is 25.0. The SMILES string of the molecule is COc1ccc(NC(=O)COc2ccc(C(=O)OCCOc3ccc(OC)cc3)cc2OC)cc1. The van der Waals surface area contributed by atoms with E-state index in [0.717, 1.165) is 5.75 Å². The summed E-state index contributed by atoms with van der Waals surface area (Å²) in [5.41, 5.74) is 0.891. The maximum absolute atomic E-state index is 12.4. The summed E-state index contributed by atoms with van der Waals surface area (Å²) in [7, 11) is 4.60. The minimum absolute atomic E-state index is 0.0664. The predicted molar refractivity (Wildman–Crippen MR) is 129 cm³/mol. The standard InChI is InChI=1S/C26H27NO8/c1-30-20-7-5-19(6-8-20)27-25(28)17-35-23-13-4-18(16-24(23)32-3)26(29)34-15-14-33-22-11-9-21(31-2)10-12-22/h4-13,16H,14-15,17H2,1-3H3,(H,27,28). The third-order valence-electron chi connectivity index (χ3n) is 4.78. The number of nitrogens with one attached hydrogen (secondary N) is 1. The lowest BCUT2D eigenvalue weighted by Gasteiger charge is -2.13. The fourth-order valence-electron chi connectivity index (χ4n) is 2.98. The van der Waals surface area contributed by atoms with Gasteiger partial charge in [0.05, 0.1) is 26.9 Å². The van der Waals surface area contributed by atoms with Crippen LogP contribution in [0.3, 0.4) is 0 Å². The molecule has 0 aromatic heterocycles. The Balaban J connectivity index is 1.47. The molecule has 0 aliphatic heterocycles. The van der Waals surface area contributed by atoms with E-state index in [2.05, 4.69) is 5.32 Å². The molecule has 0 radical (unpaired) electrons. The van der Waals surface area contributed by atoms with Gasteiger partial charge in [-0.15, -0.1) is 0 Å². The van der Waals surface area contributed by atoms with Crippen molar-refractivity contribution in [2.24, 2.45) is 0 Å². The second-order valence-corrected chi connectivity index (χ2v) is 7.09. The summed E-state index contributed by atoms with van der Waals surface area (Å²) in [6, 6.07) is 18.6. The van der Waals surface area contributed by atoms with Crippen molar-refractivity contribution in [1.29, 1.82) is 0 Å². The van der Waals surface area contributed by atoms with Crippen LogP contribution in [-0.4, -0.2) is 53.0 Å². The summed E-state index contributed by atoms with van der Waals surface area (Å²) in [4.78, 5) is 24.6. The van der Waals surface area contributed by atoms with E-state index in [-0.39, 0.29) is 31.3 Å². The Hall–Kier alpha value is -4.40. The largest absolute Gasteiger partial charge is 0.497 e. The number of esters is 1. The maximum Gasteiger partial charge on any atom is 0.338 e. The Kier molecular flexibility index (Phi) is 9.18. The minimum atomic E-state index is -0.537. The van der Waals surface area contributed by atoms with Gasteiger partial charge in [0.1, 0.15) is 30.5 Å². The quantitative estimate of drug-likeness (QED) is 0.306. The number of carbonyl (C=O) groups is 2. The van der Waals surface area contributed by atoms with Crippen molar-refractivity contribution in [3.8, 4) is 28.7 Å². The predicted octanol–water partition coefficient (Wildman–Crippen LogP) is 3.97. The van der Waals surface area contributed by atoms with Crippen molar-refractivity contribution >= 4 is 17.6 Å². The molecule has 0 saturated carbocycles. The second kappa shape index (κ2) is 12.7. The Morgan fingerprint density at radius 1 is 0.686 bits per heavy atom. The molecule has 3 aromatic carbocycles. The number of carbonyl (C=O) groups excluding carboxylic acids is 2. The minimum Gasteiger partial charge on any atom is -0.497 e. The molecule has 0 spiro atoms. The molecule has 9 nitrogen and oxygen atoms in total. The first-order valence-electron chi connectivity index (χ1n) is 10.7. The normalized spacial score (nSPS) is 10.1. The molecule has 184 valence electrons. The summed E-state index contributed by atoms with van der Waals surface area (Å²) in [6.07, 6.45) is 0. The van der Waals surface area contributed by atoms with E-state index in [1.54, 1.807) is 68.8 Å². The zero-order valence-corrected chi connectivity index (χ0v) is 19.7. The van der Waals surface area contributed by atoms with Crippen LogP contribution in [0.2, 0.25) is 0 Å². The molecule has 0 heterocycles. The summed E-state index contributed by atoms with van der Waals surface area (Å²) in [5.74, 6) is 1.78. The molecule has 0 aliphatic carbocycles. The van der Waals surface area contributed by atoms with Crippen molar-refractivity contribution in [1.82, 2.24) is 0 Å². The van der Waals surface area contributed by atoms with E-state index < -0.39 is 5.97 Å². The molecule has 0 saturated heterocycles. The van der Waals surface area contributed by atoms with E-state index in [1.165, 1.54) is 19.2 Å².